The van der Waals surface area contributed by atoms with Crippen LogP contribution < -0.4 is 13.3 Å². The van der Waals surface area contributed by atoms with Gasteiger partial charge in [0.1, 0.15) is 0 Å². The number of rotatable bonds is 13. The van der Waals surface area contributed by atoms with Crippen LogP contribution in [-0.4, -0.2) is 0 Å². The van der Waals surface area contributed by atoms with Gasteiger partial charge in [-0.2, -0.15) is 0 Å². The van der Waals surface area contributed by atoms with Gasteiger partial charge in [-0.1, -0.05) is 58.8 Å². The molecule has 26 heavy (non-hydrogen) atoms. The molecule has 0 bridgehead atoms. The van der Waals surface area contributed by atoms with Crippen LogP contribution in [0, 0.1) is 0 Å². The molecule has 0 fully saturated rings. The van der Waals surface area contributed by atoms with Crippen molar-refractivity contribution in [3.63, 3.8) is 0 Å². The molecule has 0 aromatic rings. The van der Waals surface area contributed by atoms with E-state index in [0.717, 1.165) is 0 Å². The van der Waals surface area contributed by atoms with Gasteiger partial charge >= 0.3 is 236 Å². The van der Waals surface area contributed by atoms with Gasteiger partial charge in [-0.05, 0) is 0 Å². The summed E-state index contributed by atoms with van der Waals surface area (Å²) in [5.41, 5.74) is 0. The zero-order valence-electron chi connectivity index (χ0n) is 13.4. The third kappa shape index (κ3) is 23.1. The first-order chi connectivity index (χ1) is 12.1. The van der Waals surface area contributed by atoms with Gasteiger partial charge in [0.2, 0.25) is 0 Å². The number of halogens is 17. The molecule has 0 saturated carbocycles. The zero-order valence-corrected chi connectivity index (χ0v) is 50.1. The molecule has 0 amide bonds. The molecule has 0 spiro atoms. The van der Waals surface area contributed by atoms with Crippen molar-refractivity contribution < 1.29 is 13.3 Å². The van der Waals surface area contributed by atoms with Crippen LogP contribution in [0.3, 0.4) is 0 Å². The Morgan fingerprint density at radius 1 is 0.538 bits per heavy atom. The van der Waals surface area contributed by atoms with E-state index in [2.05, 4.69) is 181 Å². The quantitative estimate of drug-likeness (QED) is 0.127. The molecular formula is C9H20I17-. The zero-order chi connectivity index (χ0) is 20.7. The Kier molecular flexibility index (Phi) is 45.1. The van der Waals surface area contributed by atoms with Crippen LogP contribution in [0.4, 0.5) is 0 Å². The van der Waals surface area contributed by atoms with Crippen molar-refractivity contribution in [1.29, 1.82) is 0 Å². The Balaban J connectivity index is 0. The second-order valence-corrected chi connectivity index (χ2v) is 361. The standard InChI is InChI=1S/C9H20.I17/c1-3-5-7-9-8-6-4-2;1-10-12(4)14(6)16(8)17(9)15(7)13(5)11(2)3/h3-9H2,1-2H3;/q;-1. The molecule has 0 aromatic heterocycles. The molecule has 0 unspecified atom stereocenters. The molecule has 0 aliphatic carbocycles. The van der Waals surface area contributed by atoms with Crippen LogP contribution in [0.25, 0.3) is 0 Å². The molecular weight excluding hydrogens is 2270 g/mol. The van der Waals surface area contributed by atoms with Crippen LogP contribution in [-0.2, 0) is 0 Å². The Morgan fingerprint density at radius 3 is 1.23 bits per heavy atom. The summed E-state index contributed by atoms with van der Waals surface area (Å²) in [5, 5.41) is 0. The molecule has 0 aliphatic rings. The van der Waals surface area contributed by atoms with Crippen LogP contribution in [0.2, 0.25) is 0 Å². The monoisotopic (exact) mass is 2290 g/mol. The van der Waals surface area contributed by atoms with Gasteiger partial charge in [0.05, 0.1) is 0 Å². The van der Waals surface area contributed by atoms with Crippen LogP contribution in [0.5, 0.6) is 0 Å². The summed E-state index contributed by atoms with van der Waals surface area (Å²) in [6.45, 7) is 4.53. The summed E-state index contributed by atoms with van der Waals surface area (Å²) in [5.74, 6) is 0. The molecule has 0 aliphatic heterocycles. The fourth-order valence-corrected chi connectivity index (χ4v) is 2310. The first-order valence-corrected chi connectivity index (χ1v) is 107. The number of unbranched alkanes of at least 4 members (excludes halogenated alkanes) is 6. The number of hydrogen-bond acceptors (Lipinski definition) is 0. The average Bonchev–Trinajstić information content (AvgIpc) is 2.64. The summed E-state index contributed by atoms with van der Waals surface area (Å²) in [6, 6.07) is 0. The third-order valence-electron chi connectivity index (χ3n) is 2.24. The molecule has 0 atom stereocenters. The number of hydrogen-bond donors (Lipinski definition) is 0. The van der Waals surface area contributed by atoms with Gasteiger partial charge in [-0.15, -0.1) is 0 Å². The molecule has 0 heterocycles. The molecule has 0 radical (unpaired) electrons. The summed E-state index contributed by atoms with van der Waals surface area (Å²) in [6.07, 6.45) is 9.97. The van der Waals surface area contributed by atoms with E-state index in [4.69, 9.17) is 0 Å². The SMILES string of the molecule is CCCCCCCCC.I[I-]I(I)I(I)I(I)I(I)I(I)I(I)I(I)I. The van der Waals surface area contributed by atoms with Gasteiger partial charge in [0, 0.05) is 0 Å². The van der Waals surface area contributed by atoms with E-state index in [1.54, 1.807) is 0 Å². The van der Waals surface area contributed by atoms with E-state index < -0.39 is 7.89 Å². The van der Waals surface area contributed by atoms with Crippen molar-refractivity contribution in [2.24, 2.45) is 0 Å². The summed E-state index contributed by atoms with van der Waals surface area (Å²) < 4.78 is 0. The summed E-state index contributed by atoms with van der Waals surface area (Å²) in [4.78, 5) is 0. The van der Waals surface area contributed by atoms with Crippen LogP contribution >= 0.6 is 223 Å². The maximum atomic E-state index is 3.11. The molecule has 17 heteroatoms. The predicted molar refractivity (Wildman–Crippen MR) is 268 cm³/mol. The molecule has 0 N–H and O–H groups in total. The van der Waals surface area contributed by atoms with Gasteiger partial charge in [-0.25, -0.2) is 0 Å². The Labute approximate surface area is 282 Å². The van der Waals surface area contributed by atoms with Crippen molar-refractivity contribution in [2.45, 2.75) is 58.8 Å². The van der Waals surface area contributed by atoms with Crippen LogP contribution in [0.1, 0.15) is 58.8 Å². The first-order valence-electron chi connectivity index (χ1n) is 6.70. The van der Waals surface area contributed by atoms with E-state index >= 15 is 0 Å². The summed E-state index contributed by atoms with van der Waals surface area (Å²) in [7, 11) is -2.48. The van der Waals surface area contributed by atoms with Crippen LogP contribution in [0.15, 0.2) is 0 Å². The average molecular weight is 2290 g/mol. The van der Waals surface area contributed by atoms with Gasteiger partial charge in [-0.3, -0.25) is 0 Å². The molecule has 0 saturated heterocycles. The van der Waals surface area contributed by atoms with Crippen molar-refractivity contribution in [1.82, 2.24) is 0 Å². The normalized spacial score (nSPS) is 14.8. The van der Waals surface area contributed by atoms with Gasteiger partial charge < -0.3 is 0 Å². The Morgan fingerprint density at radius 2 is 0.885 bits per heavy atom. The second-order valence-electron chi connectivity index (χ2n) is 3.96. The molecule has 176 valence electrons. The third-order valence-corrected chi connectivity index (χ3v) is 1080. The molecule has 0 rings (SSSR count). The topological polar surface area (TPSA) is 0 Å². The fraction of sp³-hybridized carbons (Fsp3) is 1.00. The Hall–Kier alpha value is 12.4. The predicted octanol–water partition coefficient (Wildman–Crippen LogP) is 14.9. The van der Waals surface area contributed by atoms with E-state index in [-0.39, 0.29) is 47.4 Å². The minimum atomic E-state index is -0.415. The van der Waals surface area contributed by atoms with Crippen molar-refractivity contribution >= 4 is 223 Å². The van der Waals surface area contributed by atoms with E-state index in [9.17, 15) is 0 Å². The van der Waals surface area contributed by atoms with E-state index in [1.165, 1.54) is 44.9 Å². The second kappa shape index (κ2) is 28.9. The van der Waals surface area contributed by atoms with Gasteiger partial charge in [0.25, 0.3) is 0 Å². The molecule has 0 nitrogen and oxygen atoms in total. The first kappa shape index (κ1) is 40.5. The van der Waals surface area contributed by atoms with E-state index in [0.29, 0.717) is 13.3 Å². The molecule has 0 aromatic carbocycles. The van der Waals surface area contributed by atoms with Crippen molar-refractivity contribution in [3.8, 4) is 0 Å². The Bertz CT molecular complexity index is 298. The summed E-state index contributed by atoms with van der Waals surface area (Å²) >= 11 is 27.6. The van der Waals surface area contributed by atoms with Crippen molar-refractivity contribution in [3.05, 3.63) is 0 Å². The minimum absolute atomic E-state index is 0.306. The van der Waals surface area contributed by atoms with Crippen molar-refractivity contribution in [2.75, 3.05) is 0 Å². The van der Waals surface area contributed by atoms with E-state index in [1.807, 2.05) is 0 Å². The van der Waals surface area contributed by atoms with Gasteiger partial charge in [0.15, 0.2) is 0 Å². The maximum absolute atomic E-state index is 3.11. The fourth-order valence-electron chi connectivity index (χ4n) is 1.20.